The summed E-state index contributed by atoms with van der Waals surface area (Å²) >= 11 is 0. The molecule has 0 saturated carbocycles. The molecule has 0 aliphatic heterocycles. The lowest BCUT2D eigenvalue weighted by molar-refractivity contribution is 0.715. The van der Waals surface area contributed by atoms with Crippen molar-refractivity contribution in [1.82, 2.24) is 0 Å². The van der Waals surface area contributed by atoms with Crippen molar-refractivity contribution >= 4 is 32.3 Å². The Morgan fingerprint density at radius 1 is 0.304 bits per heavy atom. The van der Waals surface area contributed by atoms with E-state index >= 15 is 0 Å². The maximum Gasteiger partial charge on any atom is 0.0435 e. The highest BCUT2D eigenvalue weighted by Crippen LogP contribution is 2.58. The molecule has 0 aromatic heterocycles. The van der Waals surface area contributed by atoms with Gasteiger partial charge in [0.05, 0.1) is 0 Å². The van der Waals surface area contributed by atoms with Gasteiger partial charge >= 0.3 is 0 Å². The second-order valence-electron chi connectivity index (χ2n) is 15.7. The number of rotatable bonds is 4. The van der Waals surface area contributed by atoms with Crippen LogP contribution in [-0.4, -0.2) is 0 Å². The first kappa shape index (κ1) is 31.3. The molecule has 0 fully saturated rings. The lowest BCUT2D eigenvalue weighted by atomic mass is 9.74. The zero-order valence-electron chi connectivity index (χ0n) is 31.1. The number of benzene rings is 10. The van der Waals surface area contributed by atoms with E-state index in [-0.39, 0.29) is 5.41 Å². The molecule has 0 heteroatoms. The van der Waals surface area contributed by atoms with Gasteiger partial charge in [0.15, 0.2) is 0 Å². The quantitative estimate of drug-likeness (QED) is 0.171. The van der Waals surface area contributed by atoms with E-state index in [1.54, 1.807) is 0 Å². The third kappa shape index (κ3) is 4.30. The molecule has 0 heterocycles. The third-order valence-electron chi connectivity index (χ3n) is 12.8. The molecule has 1 unspecified atom stereocenters. The van der Waals surface area contributed by atoms with Gasteiger partial charge in [0.2, 0.25) is 0 Å². The Morgan fingerprint density at radius 3 is 1.62 bits per heavy atom. The Balaban J connectivity index is 1.07. The van der Waals surface area contributed by atoms with Gasteiger partial charge in [0, 0.05) is 5.41 Å². The van der Waals surface area contributed by atoms with Gasteiger partial charge in [0.1, 0.15) is 0 Å². The molecule has 10 aromatic rings. The van der Waals surface area contributed by atoms with Crippen LogP contribution in [-0.2, 0) is 5.41 Å². The van der Waals surface area contributed by atoms with Gasteiger partial charge in [-0.1, -0.05) is 176 Å². The number of hydrogen-bond donors (Lipinski definition) is 0. The van der Waals surface area contributed by atoms with E-state index in [0.717, 1.165) is 0 Å². The van der Waals surface area contributed by atoms with Crippen molar-refractivity contribution in [1.29, 1.82) is 0 Å². The molecular formula is C56H36. The first-order valence-corrected chi connectivity index (χ1v) is 19.7. The highest BCUT2D eigenvalue weighted by molar-refractivity contribution is 6.27. The van der Waals surface area contributed by atoms with Crippen molar-refractivity contribution in [3.8, 4) is 66.8 Å². The summed E-state index contributed by atoms with van der Waals surface area (Å²) in [5, 5.41) is 7.73. The fraction of sp³-hybridized carbons (Fsp3) is 0.0357. The minimum atomic E-state index is -0.231. The van der Waals surface area contributed by atoms with Gasteiger partial charge < -0.3 is 0 Å². The van der Waals surface area contributed by atoms with Crippen molar-refractivity contribution < 1.29 is 0 Å². The Bertz CT molecular complexity index is 3240. The molecule has 12 rings (SSSR count). The highest BCUT2D eigenvalue weighted by atomic mass is 14.4. The van der Waals surface area contributed by atoms with E-state index < -0.39 is 0 Å². The van der Waals surface area contributed by atoms with Crippen LogP contribution in [0.15, 0.2) is 200 Å². The Morgan fingerprint density at radius 2 is 0.875 bits per heavy atom. The molecule has 0 N–H and O–H groups in total. The van der Waals surface area contributed by atoms with Crippen molar-refractivity contribution in [2.24, 2.45) is 0 Å². The van der Waals surface area contributed by atoms with E-state index in [0.29, 0.717) is 0 Å². The predicted octanol–water partition coefficient (Wildman–Crippen LogP) is 15.1. The Hall–Kier alpha value is -7.02. The summed E-state index contributed by atoms with van der Waals surface area (Å²) in [6.07, 6.45) is 0. The van der Waals surface area contributed by atoms with Crippen LogP contribution in [0.4, 0.5) is 0 Å². The highest BCUT2D eigenvalue weighted by Gasteiger charge is 2.40. The average Bonchev–Trinajstić information content (AvgIpc) is 3.72. The van der Waals surface area contributed by atoms with Crippen molar-refractivity contribution in [2.75, 3.05) is 0 Å². The third-order valence-corrected chi connectivity index (χ3v) is 12.8. The fourth-order valence-electron chi connectivity index (χ4n) is 10.3. The van der Waals surface area contributed by atoms with Gasteiger partial charge in [-0.05, 0) is 147 Å². The normalized spacial score (nSPS) is 14.9. The summed E-state index contributed by atoms with van der Waals surface area (Å²) in [6.45, 7) is 2.40. The van der Waals surface area contributed by atoms with E-state index in [4.69, 9.17) is 0 Å². The first-order valence-electron chi connectivity index (χ1n) is 19.7. The van der Waals surface area contributed by atoms with Crippen molar-refractivity contribution in [3.63, 3.8) is 0 Å². The smallest absolute Gasteiger partial charge is 0.0435 e. The summed E-state index contributed by atoms with van der Waals surface area (Å²) in [5.41, 5.74) is 19.4. The summed E-state index contributed by atoms with van der Waals surface area (Å²) < 4.78 is 0. The zero-order chi connectivity index (χ0) is 37.0. The average molecular weight is 709 g/mol. The van der Waals surface area contributed by atoms with Gasteiger partial charge in [-0.2, -0.15) is 0 Å². The van der Waals surface area contributed by atoms with Crippen LogP contribution in [0.1, 0.15) is 23.6 Å². The first-order chi connectivity index (χ1) is 27.7. The number of fused-ring (bicyclic) bond motifs is 8. The summed E-state index contributed by atoms with van der Waals surface area (Å²) in [7, 11) is 0. The fourth-order valence-corrected chi connectivity index (χ4v) is 10.3. The van der Waals surface area contributed by atoms with Gasteiger partial charge in [-0.15, -0.1) is 0 Å². The minimum absolute atomic E-state index is 0.231. The monoisotopic (exact) mass is 708 g/mol. The second kappa shape index (κ2) is 11.7. The summed E-state index contributed by atoms with van der Waals surface area (Å²) in [5.74, 6) is 0. The van der Waals surface area contributed by atoms with E-state index in [9.17, 15) is 0 Å². The van der Waals surface area contributed by atoms with E-state index in [1.165, 1.54) is 116 Å². The molecular weight excluding hydrogens is 673 g/mol. The molecule has 2 aliphatic carbocycles. The molecule has 0 amide bonds. The molecule has 0 saturated heterocycles. The van der Waals surface area contributed by atoms with E-state index in [1.807, 2.05) is 0 Å². The Kier molecular flexibility index (Phi) is 6.57. The zero-order valence-corrected chi connectivity index (χ0v) is 31.1. The maximum atomic E-state index is 2.46. The minimum Gasteiger partial charge on any atom is -0.0622 e. The lowest BCUT2D eigenvalue weighted by Gasteiger charge is -2.28. The maximum absolute atomic E-state index is 2.46. The van der Waals surface area contributed by atoms with E-state index in [2.05, 4.69) is 207 Å². The molecule has 1 atom stereocenters. The van der Waals surface area contributed by atoms with Crippen molar-refractivity contribution in [2.45, 2.75) is 12.3 Å². The van der Waals surface area contributed by atoms with Crippen molar-refractivity contribution in [3.05, 3.63) is 217 Å². The molecule has 56 heavy (non-hydrogen) atoms. The van der Waals surface area contributed by atoms with Crippen LogP contribution in [0.5, 0.6) is 0 Å². The van der Waals surface area contributed by atoms with Crippen LogP contribution < -0.4 is 0 Å². The molecule has 260 valence electrons. The van der Waals surface area contributed by atoms with Gasteiger partial charge in [-0.3, -0.25) is 0 Å². The summed E-state index contributed by atoms with van der Waals surface area (Å²) in [4.78, 5) is 0. The Labute approximate surface area is 327 Å². The largest absolute Gasteiger partial charge is 0.0622 e. The molecule has 0 nitrogen and oxygen atoms in total. The molecule has 0 radical (unpaired) electrons. The lowest BCUT2D eigenvalue weighted by Crippen LogP contribution is -2.22. The van der Waals surface area contributed by atoms with Crippen LogP contribution >= 0.6 is 0 Å². The topological polar surface area (TPSA) is 0 Å². The molecule has 0 spiro atoms. The number of hydrogen-bond acceptors (Lipinski definition) is 0. The van der Waals surface area contributed by atoms with Gasteiger partial charge in [-0.25, -0.2) is 0 Å². The standard InChI is InChI=1S/C56H36/c1-56(42-21-6-3-7-22-42)49-28-11-10-23-43(49)48-33-39-30-29-38(32-41(39)34-50(48)56)37-19-12-20-40(31-37)53-45-25-9-8-24-44(45)52(36-15-4-2-5-16-36)54-46-26-13-17-35-18-14-27-47(51(35)46)55(53)54/h2-34H,1H3. The van der Waals surface area contributed by atoms with Crippen LogP contribution in [0.25, 0.3) is 99.1 Å². The van der Waals surface area contributed by atoms with Crippen LogP contribution in [0.2, 0.25) is 0 Å². The van der Waals surface area contributed by atoms with Crippen LogP contribution in [0, 0.1) is 0 Å². The predicted molar refractivity (Wildman–Crippen MR) is 237 cm³/mol. The molecule has 0 bridgehead atoms. The van der Waals surface area contributed by atoms with Gasteiger partial charge in [0.25, 0.3) is 0 Å². The summed E-state index contributed by atoms with van der Waals surface area (Å²) in [6, 6.07) is 74.8. The van der Waals surface area contributed by atoms with Crippen LogP contribution in [0.3, 0.4) is 0 Å². The molecule has 10 aromatic carbocycles. The molecule has 2 aliphatic rings. The second-order valence-corrected chi connectivity index (χ2v) is 15.7. The SMILES string of the molecule is CC1(c2ccccc2)c2ccccc2-c2cc3ccc(-c4cccc(-c5c6c(c(-c7ccccc7)c7ccccc57)-c5cccc7cccc-6c57)c4)cc3cc21.